The average molecular weight is 350 g/mol. The first-order valence-corrected chi connectivity index (χ1v) is 9.21. The molecule has 0 aliphatic heterocycles. The summed E-state index contributed by atoms with van der Waals surface area (Å²) in [5.74, 6) is 0. The van der Waals surface area contributed by atoms with E-state index in [1.807, 2.05) is 18.2 Å². The maximum atomic E-state index is 6.31. The van der Waals surface area contributed by atoms with E-state index in [2.05, 4.69) is 85.4 Å². The molecule has 5 rings (SSSR count). The lowest BCUT2D eigenvalue weighted by Gasteiger charge is -2.09. The fraction of sp³-hybridized carbons (Fsp3) is 0.0800. The molecule has 27 heavy (non-hydrogen) atoms. The summed E-state index contributed by atoms with van der Waals surface area (Å²) in [4.78, 5) is 0. The Bertz CT molecular complexity index is 1280. The molecular weight excluding hydrogens is 330 g/mol. The molecule has 2 heterocycles. The molecule has 0 spiro atoms. The van der Waals surface area contributed by atoms with Crippen molar-refractivity contribution >= 4 is 21.9 Å². The highest BCUT2D eigenvalue weighted by Gasteiger charge is 2.19. The van der Waals surface area contributed by atoms with Gasteiger partial charge in [0, 0.05) is 34.5 Å². The molecule has 0 bridgehead atoms. The number of benzene rings is 3. The monoisotopic (exact) mass is 350 g/mol. The van der Waals surface area contributed by atoms with Gasteiger partial charge < -0.3 is 4.42 Å². The number of fused-ring (bicyclic) bond motifs is 3. The summed E-state index contributed by atoms with van der Waals surface area (Å²) < 4.78 is 8.48. The Morgan fingerprint density at radius 3 is 2.33 bits per heavy atom. The molecule has 0 saturated heterocycles. The van der Waals surface area contributed by atoms with Crippen LogP contribution in [0.5, 0.6) is 0 Å². The second-order valence-electron chi connectivity index (χ2n) is 7.02. The summed E-state index contributed by atoms with van der Waals surface area (Å²) in [6, 6.07) is 25.2. The van der Waals surface area contributed by atoms with Gasteiger partial charge in [-0.25, -0.2) is 0 Å². The summed E-state index contributed by atoms with van der Waals surface area (Å²) in [5, 5.41) is 2.33. The topological polar surface area (TPSA) is 17.0 Å². The number of hydrogen-bond donors (Lipinski definition) is 0. The third-order valence-corrected chi connectivity index (χ3v) is 5.26. The Balaban J connectivity index is 1.82. The van der Waals surface area contributed by atoms with E-state index in [0.29, 0.717) is 0 Å². The Labute approximate surface area is 158 Å². The van der Waals surface area contributed by atoms with Crippen LogP contribution in [0.25, 0.3) is 38.8 Å². The zero-order chi connectivity index (χ0) is 18.4. The van der Waals surface area contributed by atoms with Crippen LogP contribution in [0.1, 0.15) is 11.1 Å². The van der Waals surface area contributed by atoms with Crippen LogP contribution in [0.3, 0.4) is 0 Å². The second kappa shape index (κ2) is 6.10. The molecule has 0 N–H and O–H groups in total. The van der Waals surface area contributed by atoms with Crippen LogP contribution < -0.4 is 4.57 Å². The molecule has 2 heteroatoms. The average Bonchev–Trinajstić information content (AvgIpc) is 3.08. The van der Waals surface area contributed by atoms with Gasteiger partial charge in [-0.2, -0.15) is 4.57 Å². The van der Waals surface area contributed by atoms with Crippen molar-refractivity contribution in [3.8, 4) is 16.8 Å². The zero-order valence-corrected chi connectivity index (χ0v) is 15.4. The van der Waals surface area contributed by atoms with Gasteiger partial charge in [0.1, 0.15) is 11.2 Å². The SMILES string of the molecule is Cc1cc[n+](-c2ccccc2)cc1-c1c(C)ccc2c1oc1ccccc12. The fourth-order valence-electron chi connectivity index (χ4n) is 3.81. The van der Waals surface area contributed by atoms with Crippen molar-refractivity contribution in [2.45, 2.75) is 13.8 Å². The molecule has 0 atom stereocenters. The Hall–Kier alpha value is -3.39. The molecule has 0 saturated carbocycles. The highest BCUT2D eigenvalue weighted by molar-refractivity contribution is 6.10. The smallest absolute Gasteiger partial charge is 0.210 e. The Kier molecular flexibility index (Phi) is 3.58. The maximum Gasteiger partial charge on any atom is 0.210 e. The molecule has 130 valence electrons. The van der Waals surface area contributed by atoms with E-state index in [0.717, 1.165) is 16.9 Å². The molecule has 0 unspecified atom stereocenters. The number of aromatic nitrogens is 1. The molecule has 0 radical (unpaired) electrons. The fourth-order valence-corrected chi connectivity index (χ4v) is 3.81. The molecule has 2 nitrogen and oxygen atoms in total. The van der Waals surface area contributed by atoms with Crippen LogP contribution in [-0.2, 0) is 0 Å². The number of furan rings is 1. The first-order valence-electron chi connectivity index (χ1n) is 9.21. The third-order valence-electron chi connectivity index (χ3n) is 5.26. The van der Waals surface area contributed by atoms with Crippen molar-refractivity contribution in [1.29, 1.82) is 0 Å². The van der Waals surface area contributed by atoms with Crippen LogP contribution in [0, 0.1) is 13.8 Å². The Morgan fingerprint density at radius 1 is 0.704 bits per heavy atom. The standard InChI is InChI=1S/C25H20NO/c1-17-14-15-26(19-8-4-3-5-9-19)16-22(17)24-18(2)12-13-21-20-10-6-7-11-23(20)27-25(21)24/h3-16H,1-2H3/q+1. The molecule has 2 aromatic heterocycles. The van der Waals surface area contributed by atoms with Crippen molar-refractivity contribution in [3.63, 3.8) is 0 Å². The van der Waals surface area contributed by atoms with Crippen molar-refractivity contribution < 1.29 is 8.98 Å². The van der Waals surface area contributed by atoms with Crippen molar-refractivity contribution in [1.82, 2.24) is 0 Å². The lowest BCUT2D eigenvalue weighted by atomic mass is 9.96. The normalized spacial score (nSPS) is 11.3. The van der Waals surface area contributed by atoms with E-state index in [-0.39, 0.29) is 0 Å². The van der Waals surface area contributed by atoms with Gasteiger partial charge in [-0.1, -0.05) is 48.5 Å². The van der Waals surface area contributed by atoms with Gasteiger partial charge >= 0.3 is 0 Å². The Morgan fingerprint density at radius 2 is 1.48 bits per heavy atom. The van der Waals surface area contributed by atoms with E-state index >= 15 is 0 Å². The quantitative estimate of drug-likeness (QED) is 0.349. The van der Waals surface area contributed by atoms with E-state index in [1.165, 1.54) is 33.0 Å². The second-order valence-corrected chi connectivity index (χ2v) is 7.02. The highest BCUT2D eigenvalue weighted by Crippen LogP contribution is 2.38. The summed E-state index contributed by atoms with van der Waals surface area (Å²) in [7, 11) is 0. The van der Waals surface area contributed by atoms with E-state index in [4.69, 9.17) is 4.42 Å². The highest BCUT2D eigenvalue weighted by atomic mass is 16.3. The third kappa shape index (κ3) is 2.53. The molecule has 0 amide bonds. The van der Waals surface area contributed by atoms with Crippen LogP contribution in [0.4, 0.5) is 0 Å². The predicted molar refractivity (Wildman–Crippen MR) is 110 cm³/mol. The lowest BCUT2D eigenvalue weighted by Crippen LogP contribution is -2.29. The van der Waals surface area contributed by atoms with Crippen molar-refractivity contribution in [3.05, 3.63) is 96.3 Å². The minimum Gasteiger partial charge on any atom is -0.455 e. The number of hydrogen-bond acceptors (Lipinski definition) is 1. The summed E-state index contributed by atoms with van der Waals surface area (Å²) in [6.07, 6.45) is 4.32. The molecule has 3 aromatic carbocycles. The van der Waals surface area contributed by atoms with E-state index in [1.54, 1.807) is 0 Å². The molecular formula is C25H20NO+. The van der Waals surface area contributed by atoms with E-state index in [9.17, 15) is 0 Å². The first kappa shape index (κ1) is 15.8. The van der Waals surface area contributed by atoms with Gasteiger partial charge in [-0.05, 0) is 31.0 Å². The van der Waals surface area contributed by atoms with Gasteiger partial charge in [0.25, 0.3) is 0 Å². The largest absolute Gasteiger partial charge is 0.455 e. The number of aryl methyl sites for hydroxylation is 2. The van der Waals surface area contributed by atoms with Crippen LogP contribution in [0.15, 0.2) is 89.6 Å². The lowest BCUT2D eigenvalue weighted by molar-refractivity contribution is -0.595. The van der Waals surface area contributed by atoms with Gasteiger partial charge in [-0.15, -0.1) is 0 Å². The summed E-state index contributed by atoms with van der Waals surface area (Å²) in [5.41, 5.74) is 7.87. The van der Waals surface area contributed by atoms with Crippen LogP contribution in [0.2, 0.25) is 0 Å². The van der Waals surface area contributed by atoms with Crippen LogP contribution >= 0.6 is 0 Å². The first-order chi connectivity index (χ1) is 13.2. The van der Waals surface area contributed by atoms with Gasteiger partial charge in [0.2, 0.25) is 5.69 Å². The number of pyridine rings is 1. The number of para-hydroxylation sites is 2. The van der Waals surface area contributed by atoms with Crippen LogP contribution in [-0.4, -0.2) is 0 Å². The number of nitrogens with zero attached hydrogens (tertiary/aromatic N) is 1. The molecule has 0 aliphatic rings. The summed E-state index contributed by atoms with van der Waals surface area (Å²) >= 11 is 0. The molecule has 0 fully saturated rings. The van der Waals surface area contributed by atoms with Gasteiger partial charge in [0.05, 0.1) is 5.56 Å². The summed E-state index contributed by atoms with van der Waals surface area (Å²) in [6.45, 7) is 4.31. The van der Waals surface area contributed by atoms with Gasteiger partial charge in [0.15, 0.2) is 12.4 Å². The minimum absolute atomic E-state index is 0.934. The van der Waals surface area contributed by atoms with Crippen molar-refractivity contribution in [2.75, 3.05) is 0 Å². The molecule has 0 aliphatic carbocycles. The van der Waals surface area contributed by atoms with E-state index < -0.39 is 0 Å². The zero-order valence-electron chi connectivity index (χ0n) is 15.4. The van der Waals surface area contributed by atoms with Crippen molar-refractivity contribution in [2.24, 2.45) is 0 Å². The van der Waals surface area contributed by atoms with Gasteiger partial charge in [-0.3, -0.25) is 0 Å². The number of rotatable bonds is 2. The maximum absolute atomic E-state index is 6.31. The molecule has 5 aromatic rings. The predicted octanol–water partition coefficient (Wildman–Crippen LogP) is 6.15. The minimum atomic E-state index is 0.934.